The average Bonchev–Trinajstić information content (AvgIpc) is 2.92. The predicted molar refractivity (Wildman–Crippen MR) is 91.9 cm³/mol. The van der Waals surface area contributed by atoms with Crippen LogP contribution >= 0.6 is 0 Å². The number of imidazole rings is 1. The second-order valence-corrected chi connectivity index (χ2v) is 5.89. The second-order valence-electron chi connectivity index (χ2n) is 5.89. The minimum absolute atomic E-state index is 0.552. The first-order valence-electron chi connectivity index (χ1n) is 7.86. The fraction of sp³-hybridized carbons (Fsp3) is 0.316. The molecule has 0 radical (unpaired) electrons. The SMILES string of the molecule is CCC(O)c1c(-c2ccc(OC)c(C)c2)nc2ccc(C)cn12. The van der Waals surface area contributed by atoms with E-state index in [0.29, 0.717) is 6.42 Å². The molecule has 0 aliphatic rings. The zero-order valence-electron chi connectivity index (χ0n) is 14.0. The number of methoxy groups -OCH3 is 1. The van der Waals surface area contributed by atoms with Crippen molar-refractivity contribution in [3.63, 3.8) is 0 Å². The summed E-state index contributed by atoms with van der Waals surface area (Å²) in [5, 5.41) is 10.5. The van der Waals surface area contributed by atoms with E-state index in [0.717, 1.165) is 39.5 Å². The lowest BCUT2D eigenvalue weighted by Crippen LogP contribution is -2.02. The third-order valence-corrected chi connectivity index (χ3v) is 4.17. The molecule has 1 N–H and O–H groups in total. The molecule has 1 atom stereocenters. The Kier molecular flexibility index (Phi) is 4.09. The Hall–Kier alpha value is -2.33. The van der Waals surface area contributed by atoms with Gasteiger partial charge in [-0.25, -0.2) is 4.98 Å². The number of hydrogen-bond donors (Lipinski definition) is 1. The first-order valence-corrected chi connectivity index (χ1v) is 7.86. The molecular formula is C19H22N2O2. The summed E-state index contributed by atoms with van der Waals surface area (Å²) in [4.78, 5) is 4.75. The van der Waals surface area contributed by atoms with Crippen LogP contribution in [0.4, 0.5) is 0 Å². The number of aromatic nitrogens is 2. The summed E-state index contributed by atoms with van der Waals surface area (Å²) in [7, 11) is 1.67. The molecule has 2 aromatic heterocycles. The summed E-state index contributed by atoms with van der Waals surface area (Å²) in [6.07, 6.45) is 2.12. The van der Waals surface area contributed by atoms with Crippen LogP contribution in [0.2, 0.25) is 0 Å². The van der Waals surface area contributed by atoms with Crippen molar-refractivity contribution >= 4 is 5.65 Å². The van der Waals surface area contributed by atoms with Crippen molar-refractivity contribution in [3.8, 4) is 17.0 Å². The number of aliphatic hydroxyl groups excluding tert-OH is 1. The summed E-state index contributed by atoms with van der Waals surface area (Å²) in [5.74, 6) is 0.853. The highest BCUT2D eigenvalue weighted by molar-refractivity contribution is 5.69. The van der Waals surface area contributed by atoms with Gasteiger partial charge in [0.1, 0.15) is 11.4 Å². The van der Waals surface area contributed by atoms with Gasteiger partial charge in [-0.05, 0) is 55.7 Å². The van der Waals surface area contributed by atoms with Crippen molar-refractivity contribution in [1.29, 1.82) is 0 Å². The Labute approximate surface area is 136 Å². The molecule has 0 aliphatic carbocycles. The van der Waals surface area contributed by atoms with E-state index in [1.807, 2.05) is 55.6 Å². The van der Waals surface area contributed by atoms with Crippen molar-refractivity contribution in [3.05, 3.63) is 53.3 Å². The van der Waals surface area contributed by atoms with E-state index < -0.39 is 6.10 Å². The molecule has 0 saturated carbocycles. The summed E-state index contributed by atoms with van der Waals surface area (Å²) in [6, 6.07) is 10.0. The molecule has 4 nitrogen and oxygen atoms in total. The Bertz CT molecular complexity index is 852. The monoisotopic (exact) mass is 310 g/mol. The summed E-state index contributed by atoms with van der Waals surface area (Å²) in [5.41, 5.74) is 5.70. The van der Waals surface area contributed by atoms with E-state index in [-0.39, 0.29) is 0 Å². The highest BCUT2D eigenvalue weighted by Gasteiger charge is 2.20. The van der Waals surface area contributed by atoms with Crippen LogP contribution in [-0.4, -0.2) is 21.6 Å². The minimum atomic E-state index is -0.552. The van der Waals surface area contributed by atoms with Gasteiger partial charge < -0.3 is 14.2 Å². The third kappa shape index (κ3) is 2.70. The molecule has 120 valence electrons. The van der Waals surface area contributed by atoms with Crippen LogP contribution in [0.25, 0.3) is 16.9 Å². The predicted octanol–water partition coefficient (Wildman–Crippen LogP) is 4.07. The molecule has 23 heavy (non-hydrogen) atoms. The largest absolute Gasteiger partial charge is 0.496 e. The number of ether oxygens (including phenoxy) is 1. The number of rotatable bonds is 4. The number of pyridine rings is 1. The average molecular weight is 310 g/mol. The molecule has 2 heterocycles. The van der Waals surface area contributed by atoms with Crippen molar-refractivity contribution in [1.82, 2.24) is 9.38 Å². The van der Waals surface area contributed by atoms with Crippen LogP contribution in [0, 0.1) is 13.8 Å². The molecule has 3 rings (SSSR count). The summed E-state index contributed by atoms with van der Waals surface area (Å²) in [6.45, 7) is 6.03. The fourth-order valence-electron chi connectivity index (χ4n) is 2.92. The highest BCUT2D eigenvalue weighted by atomic mass is 16.5. The van der Waals surface area contributed by atoms with Crippen LogP contribution in [-0.2, 0) is 0 Å². The zero-order chi connectivity index (χ0) is 16.6. The molecule has 1 unspecified atom stereocenters. The lowest BCUT2D eigenvalue weighted by atomic mass is 10.0. The van der Waals surface area contributed by atoms with Gasteiger partial charge in [0.15, 0.2) is 0 Å². The van der Waals surface area contributed by atoms with Gasteiger partial charge in [-0.3, -0.25) is 0 Å². The first kappa shape index (κ1) is 15.6. The van der Waals surface area contributed by atoms with Gasteiger partial charge in [0.05, 0.1) is 24.6 Å². The van der Waals surface area contributed by atoms with Crippen molar-refractivity contribution in [2.75, 3.05) is 7.11 Å². The Morgan fingerprint density at radius 2 is 2.00 bits per heavy atom. The van der Waals surface area contributed by atoms with E-state index in [1.165, 1.54) is 0 Å². The zero-order valence-corrected chi connectivity index (χ0v) is 14.0. The normalized spacial score (nSPS) is 12.6. The van der Waals surface area contributed by atoms with Crippen molar-refractivity contribution < 1.29 is 9.84 Å². The molecule has 1 aromatic carbocycles. The molecule has 0 aliphatic heterocycles. The number of aryl methyl sites for hydroxylation is 2. The van der Waals surface area contributed by atoms with E-state index in [1.54, 1.807) is 7.11 Å². The van der Waals surface area contributed by atoms with Crippen LogP contribution in [0.5, 0.6) is 5.75 Å². The van der Waals surface area contributed by atoms with E-state index in [9.17, 15) is 5.11 Å². The quantitative estimate of drug-likeness (QED) is 0.790. The fourth-order valence-corrected chi connectivity index (χ4v) is 2.92. The third-order valence-electron chi connectivity index (χ3n) is 4.17. The highest BCUT2D eigenvalue weighted by Crippen LogP contribution is 2.33. The van der Waals surface area contributed by atoms with E-state index in [4.69, 9.17) is 9.72 Å². The summed E-state index contributed by atoms with van der Waals surface area (Å²) < 4.78 is 7.33. The van der Waals surface area contributed by atoms with Gasteiger partial charge in [0.25, 0.3) is 0 Å². The summed E-state index contributed by atoms with van der Waals surface area (Å²) >= 11 is 0. The topological polar surface area (TPSA) is 46.8 Å². The van der Waals surface area contributed by atoms with E-state index in [2.05, 4.69) is 6.07 Å². The van der Waals surface area contributed by atoms with Gasteiger partial charge in [-0.2, -0.15) is 0 Å². The first-order chi connectivity index (χ1) is 11.0. The molecule has 4 heteroatoms. The molecule has 0 fully saturated rings. The maximum atomic E-state index is 10.5. The minimum Gasteiger partial charge on any atom is -0.496 e. The Morgan fingerprint density at radius 3 is 2.65 bits per heavy atom. The number of hydrogen-bond acceptors (Lipinski definition) is 3. The van der Waals surface area contributed by atoms with Gasteiger partial charge in [-0.1, -0.05) is 13.0 Å². The number of aliphatic hydroxyl groups is 1. The van der Waals surface area contributed by atoms with Gasteiger partial charge >= 0.3 is 0 Å². The van der Waals surface area contributed by atoms with Gasteiger partial charge in [0, 0.05) is 11.8 Å². The molecular weight excluding hydrogens is 288 g/mol. The number of nitrogens with zero attached hydrogens (tertiary/aromatic N) is 2. The van der Waals surface area contributed by atoms with Gasteiger partial charge in [-0.15, -0.1) is 0 Å². The molecule has 0 bridgehead atoms. The van der Waals surface area contributed by atoms with E-state index >= 15 is 0 Å². The van der Waals surface area contributed by atoms with Crippen molar-refractivity contribution in [2.45, 2.75) is 33.3 Å². The lowest BCUT2D eigenvalue weighted by molar-refractivity contribution is 0.168. The van der Waals surface area contributed by atoms with Crippen molar-refractivity contribution in [2.24, 2.45) is 0 Å². The number of benzene rings is 1. The standard InChI is InChI=1S/C19H22N2O2/c1-5-15(22)19-18(14-7-8-16(23-4)13(3)10-14)20-17-9-6-12(2)11-21(17)19/h6-11,15,22H,5H2,1-4H3. The smallest absolute Gasteiger partial charge is 0.137 e. The maximum Gasteiger partial charge on any atom is 0.137 e. The Morgan fingerprint density at radius 1 is 1.22 bits per heavy atom. The van der Waals surface area contributed by atoms with Crippen LogP contribution in [0.15, 0.2) is 36.5 Å². The molecule has 0 saturated heterocycles. The van der Waals surface area contributed by atoms with Crippen LogP contribution in [0.3, 0.4) is 0 Å². The lowest BCUT2D eigenvalue weighted by Gasteiger charge is -2.12. The molecule has 0 amide bonds. The Balaban J connectivity index is 2.26. The molecule has 3 aromatic rings. The second kappa shape index (κ2) is 6.05. The number of fused-ring (bicyclic) bond motifs is 1. The van der Waals surface area contributed by atoms with Gasteiger partial charge in [0.2, 0.25) is 0 Å². The molecule has 0 spiro atoms. The maximum absolute atomic E-state index is 10.5. The van der Waals surface area contributed by atoms with Crippen LogP contribution in [0.1, 0.15) is 36.3 Å². The van der Waals surface area contributed by atoms with Crippen LogP contribution < -0.4 is 4.74 Å².